The monoisotopic (exact) mass is 534 g/mol. The zero-order valence-electron chi connectivity index (χ0n) is 20.3. The molecule has 188 valence electrons. The molecule has 2 aromatic carbocycles. The number of amides is 1. The summed E-state index contributed by atoms with van der Waals surface area (Å²) in [6.07, 6.45) is 1.51. The maximum Gasteiger partial charge on any atom is 0.253 e. The summed E-state index contributed by atoms with van der Waals surface area (Å²) in [5.74, 6) is -0.0873. The Kier molecular flexibility index (Phi) is 8.00. The van der Waals surface area contributed by atoms with Crippen LogP contribution in [0.4, 0.5) is 5.13 Å². The summed E-state index contributed by atoms with van der Waals surface area (Å²) in [6, 6.07) is 10.2. The van der Waals surface area contributed by atoms with Crippen LogP contribution in [0.15, 0.2) is 41.3 Å². The van der Waals surface area contributed by atoms with Crippen LogP contribution in [0.5, 0.6) is 0 Å². The quantitative estimate of drug-likeness (QED) is 0.405. The summed E-state index contributed by atoms with van der Waals surface area (Å²) in [7, 11) is -3.56. The number of anilines is 1. The molecular weight excluding hydrogens is 504 g/mol. The van der Waals surface area contributed by atoms with Gasteiger partial charge in [-0.05, 0) is 55.7 Å². The molecule has 1 fully saturated rings. The van der Waals surface area contributed by atoms with Crippen molar-refractivity contribution >= 4 is 54.2 Å². The SMILES string of the molecule is CCCN(CCC)S(=O)(=O)c1ccc(C(=O)N2CCN(c3nc4c(C)ccc(Cl)c4s3)CC2)cc1. The molecule has 1 aliphatic rings. The molecule has 0 spiro atoms. The third kappa shape index (κ3) is 5.33. The number of nitrogens with zero attached hydrogens (tertiary/aromatic N) is 4. The smallest absolute Gasteiger partial charge is 0.253 e. The number of rotatable bonds is 8. The molecule has 0 unspecified atom stereocenters. The van der Waals surface area contributed by atoms with E-state index in [1.165, 1.54) is 4.31 Å². The van der Waals surface area contributed by atoms with E-state index < -0.39 is 10.0 Å². The fraction of sp³-hybridized carbons (Fsp3) is 0.440. The number of benzene rings is 2. The molecule has 4 rings (SSSR count). The average molecular weight is 535 g/mol. The lowest BCUT2D eigenvalue weighted by atomic mass is 10.2. The third-order valence-electron chi connectivity index (χ3n) is 6.21. The number of halogens is 1. The molecule has 1 aromatic heterocycles. The Labute approximate surface area is 216 Å². The van der Waals surface area contributed by atoms with Gasteiger partial charge in [-0.15, -0.1) is 0 Å². The Morgan fingerprint density at radius 3 is 2.23 bits per heavy atom. The van der Waals surface area contributed by atoms with E-state index in [9.17, 15) is 13.2 Å². The molecule has 0 saturated carbocycles. The van der Waals surface area contributed by atoms with Gasteiger partial charge in [0.1, 0.15) is 0 Å². The zero-order chi connectivity index (χ0) is 25.2. The van der Waals surface area contributed by atoms with Crippen LogP contribution >= 0.6 is 22.9 Å². The third-order valence-corrected chi connectivity index (χ3v) is 9.70. The van der Waals surface area contributed by atoms with Crippen molar-refractivity contribution in [2.45, 2.75) is 38.5 Å². The van der Waals surface area contributed by atoms with Gasteiger partial charge in [-0.2, -0.15) is 4.31 Å². The van der Waals surface area contributed by atoms with Gasteiger partial charge in [0.2, 0.25) is 10.0 Å². The van der Waals surface area contributed by atoms with Crippen molar-refractivity contribution in [2.24, 2.45) is 0 Å². The highest BCUT2D eigenvalue weighted by Gasteiger charge is 2.26. The molecule has 7 nitrogen and oxygen atoms in total. The lowest BCUT2D eigenvalue weighted by molar-refractivity contribution is 0.0746. The maximum absolute atomic E-state index is 13.1. The van der Waals surface area contributed by atoms with E-state index in [2.05, 4.69) is 4.90 Å². The molecule has 0 N–H and O–H groups in total. The predicted octanol–water partition coefficient (Wildman–Crippen LogP) is 5.03. The Hall–Kier alpha value is -2.20. The number of sulfonamides is 1. The van der Waals surface area contributed by atoms with Crippen molar-refractivity contribution in [3.05, 3.63) is 52.5 Å². The average Bonchev–Trinajstić information content (AvgIpc) is 3.33. The van der Waals surface area contributed by atoms with Gasteiger partial charge in [0.15, 0.2) is 5.13 Å². The van der Waals surface area contributed by atoms with Crippen LogP contribution in [0.3, 0.4) is 0 Å². The van der Waals surface area contributed by atoms with Gasteiger partial charge in [-0.3, -0.25) is 4.79 Å². The largest absolute Gasteiger partial charge is 0.345 e. The maximum atomic E-state index is 13.1. The first-order valence-corrected chi connectivity index (χ1v) is 14.6. The van der Waals surface area contributed by atoms with Gasteiger partial charge in [0.05, 0.1) is 20.1 Å². The number of hydrogen-bond donors (Lipinski definition) is 0. The lowest BCUT2D eigenvalue weighted by Gasteiger charge is -2.34. The van der Waals surface area contributed by atoms with Gasteiger partial charge in [-0.1, -0.05) is 42.9 Å². The van der Waals surface area contributed by atoms with Gasteiger partial charge in [0.25, 0.3) is 5.91 Å². The molecule has 3 aromatic rings. The molecule has 0 bridgehead atoms. The number of aromatic nitrogens is 1. The molecule has 10 heteroatoms. The van der Waals surface area contributed by atoms with Crippen molar-refractivity contribution in [2.75, 3.05) is 44.2 Å². The summed E-state index contributed by atoms with van der Waals surface area (Å²) < 4.78 is 28.5. The highest BCUT2D eigenvalue weighted by atomic mass is 35.5. The predicted molar refractivity (Wildman–Crippen MR) is 143 cm³/mol. The van der Waals surface area contributed by atoms with E-state index in [1.807, 2.05) is 37.8 Å². The highest BCUT2D eigenvalue weighted by Crippen LogP contribution is 2.36. The fourth-order valence-electron chi connectivity index (χ4n) is 4.28. The Morgan fingerprint density at radius 1 is 1.03 bits per heavy atom. The first kappa shape index (κ1) is 25.9. The second-order valence-corrected chi connectivity index (χ2v) is 12.1. The van der Waals surface area contributed by atoms with Crippen LogP contribution in [0.1, 0.15) is 42.6 Å². The fourth-order valence-corrected chi connectivity index (χ4v) is 7.27. The molecule has 2 heterocycles. The minimum Gasteiger partial charge on any atom is -0.345 e. The second-order valence-electron chi connectivity index (χ2n) is 8.75. The number of carbonyl (C=O) groups is 1. The van der Waals surface area contributed by atoms with Gasteiger partial charge < -0.3 is 9.80 Å². The lowest BCUT2D eigenvalue weighted by Crippen LogP contribution is -2.48. The number of fused-ring (bicyclic) bond motifs is 1. The van der Waals surface area contributed by atoms with Gasteiger partial charge in [0, 0.05) is 44.8 Å². The summed E-state index contributed by atoms with van der Waals surface area (Å²) >= 11 is 7.94. The van der Waals surface area contributed by atoms with Crippen molar-refractivity contribution < 1.29 is 13.2 Å². The Balaban J connectivity index is 1.42. The van der Waals surface area contributed by atoms with Crippen molar-refractivity contribution in [1.82, 2.24) is 14.2 Å². The first-order chi connectivity index (χ1) is 16.8. The number of aryl methyl sites for hydroxylation is 1. The number of carbonyl (C=O) groups excluding carboxylic acids is 1. The van der Waals surface area contributed by atoms with Crippen LogP contribution in [0.2, 0.25) is 5.02 Å². The summed E-state index contributed by atoms with van der Waals surface area (Å²) in [6.45, 7) is 9.43. The minimum atomic E-state index is -3.56. The van der Waals surface area contributed by atoms with Crippen molar-refractivity contribution in [3.8, 4) is 0 Å². The molecule has 1 amide bonds. The van der Waals surface area contributed by atoms with Crippen LogP contribution in [-0.2, 0) is 10.0 Å². The first-order valence-electron chi connectivity index (χ1n) is 12.0. The molecule has 35 heavy (non-hydrogen) atoms. The van der Waals surface area contributed by atoms with E-state index in [4.69, 9.17) is 16.6 Å². The highest BCUT2D eigenvalue weighted by molar-refractivity contribution is 7.89. The van der Waals surface area contributed by atoms with Gasteiger partial charge in [-0.25, -0.2) is 13.4 Å². The van der Waals surface area contributed by atoms with Crippen molar-refractivity contribution in [3.63, 3.8) is 0 Å². The zero-order valence-corrected chi connectivity index (χ0v) is 22.7. The van der Waals surface area contributed by atoms with E-state index in [0.29, 0.717) is 49.9 Å². The van der Waals surface area contributed by atoms with E-state index >= 15 is 0 Å². The second kappa shape index (κ2) is 10.8. The van der Waals surface area contributed by atoms with Crippen molar-refractivity contribution in [1.29, 1.82) is 0 Å². The molecule has 1 aliphatic heterocycles. The molecule has 0 radical (unpaired) electrons. The number of thiazole rings is 1. The van der Waals surface area contributed by atoms with Crippen LogP contribution in [0.25, 0.3) is 10.2 Å². The van der Waals surface area contributed by atoms with Gasteiger partial charge >= 0.3 is 0 Å². The van der Waals surface area contributed by atoms with E-state index in [-0.39, 0.29) is 10.8 Å². The van der Waals surface area contributed by atoms with E-state index in [1.54, 1.807) is 35.6 Å². The number of hydrogen-bond acceptors (Lipinski definition) is 6. The van der Waals surface area contributed by atoms with Crippen LogP contribution in [-0.4, -0.2) is 67.8 Å². The molecule has 0 aliphatic carbocycles. The van der Waals surface area contributed by atoms with Crippen LogP contribution < -0.4 is 4.90 Å². The summed E-state index contributed by atoms with van der Waals surface area (Å²) in [4.78, 5) is 22.1. The number of piperazine rings is 1. The molecular formula is C25H31ClN4O3S2. The molecule has 0 atom stereocenters. The topological polar surface area (TPSA) is 73.8 Å². The summed E-state index contributed by atoms with van der Waals surface area (Å²) in [5.41, 5.74) is 2.53. The Bertz CT molecular complexity index is 1260. The normalized spacial score (nSPS) is 14.8. The summed E-state index contributed by atoms with van der Waals surface area (Å²) in [5, 5.41) is 1.63. The minimum absolute atomic E-state index is 0.0873. The standard InChI is InChI=1S/C25H31ClN4O3S2/c1-4-12-30(13-5-2)35(32,33)20-9-7-19(8-10-20)24(31)28-14-16-29(17-15-28)25-27-22-18(3)6-11-21(26)23(22)34-25/h6-11H,4-5,12-17H2,1-3H3. The van der Waals surface area contributed by atoms with Crippen LogP contribution in [0, 0.1) is 6.92 Å². The Morgan fingerprint density at radius 2 is 1.66 bits per heavy atom. The van der Waals surface area contributed by atoms with E-state index in [0.717, 1.165) is 33.8 Å². The molecule has 1 saturated heterocycles.